The average molecular weight is 443 g/mol. The smallest absolute Gasteiger partial charge is 0.225 e. The number of anilines is 4. The summed E-state index contributed by atoms with van der Waals surface area (Å²) < 4.78 is 10.7. The summed E-state index contributed by atoms with van der Waals surface area (Å²) in [4.78, 5) is 14.4. The molecule has 4 heterocycles. The molecule has 2 saturated heterocycles. The van der Waals surface area contributed by atoms with Crippen LogP contribution in [-0.2, 0) is 4.74 Å². The van der Waals surface area contributed by atoms with Crippen LogP contribution in [0.25, 0.3) is 0 Å². The Morgan fingerprint density at radius 1 is 1.09 bits per heavy atom. The van der Waals surface area contributed by atoms with Gasteiger partial charge in [0.1, 0.15) is 11.4 Å². The Hall–Kier alpha value is -2.66. The molecule has 5 rings (SSSR count). The zero-order valence-electron chi connectivity index (χ0n) is 18.6. The summed E-state index contributed by atoms with van der Waals surface area (Å²) in [5.41, 5.74) is 8.09. The van der Waals surface area contributed by atoms with Crippen molar-refractivity contribution >= 4 is 23.1 Å². The van der Waals surface area contributed by atoms with E-state index in [0.29, 0.717) is 12.0 Å². The van der Waals surface area contributed by atoms with Gasteiger partial charge in [0, 0.05) is 46.7 Å². The third-order valence-electron chi connectivity index (χ3n) is 6.37. The van der Waals surface area contributed by atoms with Gasteiger partial charge in [0.15, 0.2) is 5.82 Å². The molecule has 0 spiro atoms. The van der Waals surface area contributed by atoms with Crippen LogP contribution in [0.3, 0.4) is 0 Å². The van der Waals surface area contributed by atoms with E-state index in [2.05, 4.69) is 31.1 Å². The number of nitrogens with one attached hydrogen (secondary N) is 3. The maximum atomic E-state index is 5.44. The number of hydrogen-bond acceptors (Lipinski definition) is 10. The number of hydrogen-bond donors (Lipinski definition) is 3. The highest BCUT2D eigenvalue weighted by atomic mass is 16.5. The molecule has 0 aliphatic carbocycles. The molecule has 1 aromatic carbocycles. The predicted octanol–water partition coefficient (Wildman–Crippen LogP) is 1.92. The number of piperidine rings is 1. The van der Waals surface area contributed by atoms with Crippen LogP contribution < -0.4 is 26.0 Å². The number of aromatic nitrogens is 2. The topological polar surface area (TPSA) is 90.0 Å². The van der Waals surface area contributed by atoms with Crippen molar-refractivity contribution in [3.63, 3.8) is 0 Å². The lowest BCUT2D eigenvalue weighted by atomic mass is 10.1. The molecule has 0 bridgehead atoms. The van der Waals surface area contributed by atoms with E-state index in [9.17, 15) is 0 Å². The fourth-order valence-corrected chi connectivity index (χ4v) is 4.38. The van der Waals surface area contributed by atoms with Crippen LogP contribution in [0.15, 0.2) is 30.5 Å². The number of morpholine rings is 1. The van der Waals surface area contributed by atoms with Crippen molar-refractivity contribution in [1.82, 2.24) is 25.3 Å². The highest BCUT2D eigenvalue weighted by Crippen LogP contribution is 2.33. The lowest BCUT2D eigenvalue weighted by molar-refractivity contribution is 0.0322. The molecule has 0 atom stereocenters. The van der Waals surface area contributed by atoms with Crippen molar-refractivity contribution in [2.45, 2.75) is 18.9 Å². The molecule has 3 N–H and O–H groups in total. The Kier molecular flexibility index (Phi) is 6.54. The molecule has 32 heavy (non-hydrogen) atoms. The van der Waals surface area contributed by atoms with Gasteiger partial charge < -0.3 is 19.7 Å². The summed E-state index contributed by atoms with van der Waals surface area (Å²) in [5.74, 6) is 2.29. The van der Waals surface area contributed by atoms with Crippen molar-refractivity contribution in [3.8, 4) is 5.75 Å². The number of benzene rings is 1. The first-order chi connectivity index (χ1) is 15.8. The molecule has 0 amide bonds. The van der Waals surface area contributed by atoms with Crippen molar-refractivity contribution in [1.29, 1.82) is 0 Å². The lowest BCUT2D eigenvalue weighted by Crippen LogP contribution is -2.45. The van der Waals surface area contributed by atoms with Gasteiger partial charge in [-0.25, -0.2) is 9.99 Å². The molecule has 1 aromatic heterocycles. The predicted molar refractivity (Wildman–Crippen MR) is 126 cm³/mol. The van der Waals surface area contributed by atoms with Gasteiger partial charge >= 0.3 is 0 Å². The number of nitrogens with zero attached hydrogens (tertiary/aromatic N) is 5. The summed E-state index contributed by atoms with van der Waals surface area (Å²) in [5, 5.41) is 5.46. The van der Waals surface area contributed by atoms with E-state index in [4.69, 9.17) is 14.5 Å². The molecule has 3 aliphatic heterocycles. The second-order valence-corrected chi connectivity index (χ2v) is 8.42. The summed E-state index contributed by atoms with van der Waals surface area (Å²) in [6, 6.07) is 8.24. The molecule has 0 saturated carbocycles. The van der Waals surface area contributed by atoms with Crippen LogP contribution in [0.4, 0.5) is 23.1 Å². The highest BCUT2D eigenvalue weighted by molar-refractivity contribution is 5.76. The highest BCUT2D eigenvalue weighted by Gasteiger charge is 2.25. The second kappa shape index (κ2) is 9.86. The minimum absolute atomic E-state index is 0. The van der Waals surface area contributed by atoms with E-state index in [1.807, 2.05) is 35.5 Å². The van der Waals surface area contributed by atoms with Gasteiger partial charge in [-0.15, -0.1) is 5.53 Å². The molecule has 0 radical (unpaired) electrons. The minimum atomic E-state index is 0. The largest absolute Gasteiger partial charge is 0.497 e. The van der Waals surface area contributed by atoms with E-state index >= 15 is 0 Å². The quantitative estimate of drug-likeness (QED) is 0.591. The fraction of sp³-hybridized carbons (Fsp3) is 0.545. The van der Waals surface area contributed by atoms with Gasteiger partial charge in [-0.3, -0.25) is 10.3 Å². The molecule has 10 nitrogen and oxygen atoms in total. The van der Waals surface area contributed by atoms with E-state index < -0.39 is 0 Å². The third kappa shape index (κ3) is 4.88. The van der Waals surface area contributed by atoms with Gasteiger partial charge in [0.2, 0.25) is 5.95 Å². The number of hydrazine groups is 2. The number of fused-ring (bicyclic) bond motifs is 1. The fourth-order valence-electron chi connectivity index (χ4n) is 4.38. The van der Waals surface area contributed by atoms with Crippen LogP contribution in [0.2, 0.25) is 0 Å². The maximum absolute atomic E-state index is 5.44. The Morgan fingerprint density at radius 2 is 1.81 bits per heavy atom. The minimum Gasteiger partial charge on any atom is -0.497 e. The van der Waals surface area contributed by atoms with Gasteiger partial charge in [0.25, 0.3) is 0 Å². The summed E-state index contributed by atoms with van der Waals surface area (Å²) in [7, 11) is 1.67. The van der Waals surface area contributed by atoms with E-state index in [0.717, 1.165) is 88.3 Å². The van der Waals surface area contributed by atoms with Crippen LogP contribution >= 0.6 is 0 Å². The molecule has 3 aliphatic rings. The average Bonchev–Trinajstić information content (AvgIpc) is 3.28. The van der Waals surface area contributed by atoms with Crippen molar-refractivity contribution < 1.29 is 10.9 Å². The van der Waals surface area contributed by atoms with E-state index in [-0.39, 0.29) is 1.43 Å². The number of ether oxygens (including phenoxy) is 2. The van der Waals surface area contributed by atoms with Crippen LogP contribution in [0.5, 0.6) is 5.75 Å². The zero-order valence-corrected chi connectivity index (χ0v) is 18.6. The van der Waals surface area contributed by atoms with Gasteiger partial charge in [-0.1, -0.05) is 0 Å². The van der Waals surface area contributed by atoms with Gasteiger partial charge in [-0.05, 0) is 37.1 Å². The first kappa shape index (κ1) is 21.2. The molecule has 174 valence electrons. The monoisotopic (exact) mass is 442 g/mol. The Labute approximate surface area is 190 Å². The van der Waals surface area contributed by atoms with E-state index in [1.165, 1.54) is 0 Å². The van der Waals surface area contributed by atoms with E-state index in [1.54, 1.807) is 7.11 Å². The van der Waals surface area contributed by atoms with Gasteiger partial charge in [-0.2, -0.15) is 4.98 Å². The number of rotatable bonds is 7. The molecule has 2 fully saturated rings. The SMILES string of the molecule is COc1ccc(N2NNc3cnc(NC4CCN(CCN5CCOCC5)CC4)nc32)cc1.[HH]. The van der Waals surface area contributed by atoms with Gasteiger partial charge in [0.05, 0.1) is 32.2 Å². The van der Waals surface area contributed by atoms with Crippen molar-refractivity contribution in [3.05, 3.63) is 30.5 Å². The van der Waals surface area contributed by atoms with Crippen LogP contribution in [0.1, 0.15) is 14.3 Å². The summed E-state index contributed by atoms with van der Waals surface area (Å²) in [6.07, 6.45) is 4.02. The Morgan fingerprint density at radius 3 is 2.53 bits per heavy atom. The normalized spacial score (nSPS) is 20.1. The first-order valence-corrected chi connectivity index (χ1v) is 11.4. The molecule has 2 aromatic rings. The van der Waals surface area contributed by atoms with Crippen molar-refractivity contribution in [2.24, 2.45) is 0 Å². The molecule has 0 unspecified atom stereocenters. The van der Waals surface area contributed by atoms with Crippen LogP contribution in [0, 0.1) is 0 Å². The Bertz CT molecular complexity index is 888. The molecule has 10 heteroatoms. The number of methoxy groups -OCH3 is 1. The lowest BCUT2D eigenvalue weighted by Gasteiger charge is -2.34. The molecular formula is C22H34N8O2. The second-order valence-electron chi connectivity index (χ2n) is 8.42. The standard InChI is InChI=1S/C22H32N8O2.H2/c1-31-19-4-2-18(3-5-19)30-21-20(26-27-30)16-23-22(25-21)24-17-6-8-28(9-7-17)10-11-29-12-14-32-15-13-29;/h2-5,16-17,26-27H,6-15H2,1H3,(H,23,24,25);1H. The maximum Gasteiger partial charge on any atom is 0.225 e. The number of likely N-dealkylation sites (tertiary alicyclic amines) is 1. The zero-order chi connectivity index (χ0) is 21.8. The Balaban J connectivity index is 0.00000259. The van der Waals surface area contributed by atoms with Crippen molar-refractivity contribution in [2.75, 3.05) is 75.3 Å². The first-order valence-electron chi connectivity index (χ1n) is 11.4. The summed E-state index contributed by atoms with van der Waals surface area (Å²) >= 11 is 0. The van der Waals surface area contributed by atoms with Crippen LogP contribution in [-0.4, -0.2) is 85.4 Å². The third-order valence-corrected chi connectivity index (χ3v) is 6.37. The summed E-state index contributed by atoms with van der Waals surface area (Å²) in [6.45, 7) is 8.34. The molecular weight excluding hydrogens is 408 g/mol.